The molecule has 1 aromatic carbocycles. The number of aryl methyl sites for hydroxylation is 1. The van der Waals surface area contributed by atoms with Gasteiger partial charge in [-0.05, 0) is 136 Å². The molecular formula is C36H53N3. The predicted octanol–water partition coefficient (Wildman–Crippen LogP) is 9.27. The van der Waals surface area contributed by atoms with Gasteiger partial charge in [0, 0.05) is 17.5 Å². The van der Waals surface area contributed by atoms with E-state index >= 15 is 0 Å². The normalized spacial score (nSPS) is 22.6. The minimum atomic E-state index is 0.254. The van der Waals surface area contributed by atoms with Crippen molar-refractivity contribution >= 4 is 11.3 Å². The minimum Gasteiger partial charge on any atom is -0.401 e. The van der Waals surface area contributed by atoms with E-state index in [2.05, 4.69) is 83.4 Å². The molecule has 0 amide bonds. The summed E-state index contributed by atoms with van der Waals surface area (Å²) in [4.78, 5) is 2.51. The number of hydrogen-bond acceptors (Lipinski definition) is 3. The Morgan fingerprint density at radius 2 is 1.87 bits per heavy atom. The highest BCUT2D eigenvalue weighted by molar-refractivity contribution is 5.98. The van der Waals surface area contributed by atoms with Gasteiger partial charge >= 0.3 is 0 Å². The molecule has 39 heavy (non-hydrogen) atoms. The fourth-order valence-corrected chi connectivity index (χ4v) is 6.29. The highest BCUT2D eigenvalue weighted by Crippen LogP contribution is 2.39. The second-order valence-electron chi connectivity index (χ2n) is 12.0. The van der Waals surface area contributed by atoms with Gasteiger partial charge in [-0.25, -0.2) is 0 Å². The van der Waals surface area contributed by atoms with Gasteiger partial charge in [0.25, 0.3) is 0 Å². The lowest BCUT2D eigenvalue weighted by atomic mass is 9.80. The lowest BCUT2D eigenvalue weighted by Crippen LogP contribution is -2.42. The molecule has 0 bridgehead atoms. The van der Waals surface area contributed by atoms with Crippen LogP contribution in [-0.4, -0.2) is 29.7 Å². The molecule has 1 aromatic rings. The summed E-state index contributed by atoms with van der Waals surface area (Å²) in [5.74, 6) is 0.997. The molecule has 1 saturated heterocycles. The first-order chi connectivity index (χ1) is 18.7. The van der Waals surface area contributed by atoms with Crippen LogP contribution in [0.15, 0.2) is 71.5 Å². The van der Waals surface area contributed by atoms with Crippen molar-refractivity contribution in [1.29, 1.82) is 5.41 Å². The highest BCUT2D eigenvalue weighted by Gasteiger charge is 2.26. The molecule has 1 fully saturated rings. The third kappa shape index (κ3) is 7.94. The Morgan fingerprint density at radius 1 is 1.15 bits per heavy atom. The summed E-state index contributed by atoms with van der Waals surface area (Å²) in [5, 5.41) is 8.55. The van der Waals surface area contributed by atoms with E-state index in [0.717, 1.165) is 81.4 Å². The van der Waals surface area contributed by atoms with Crippen LogP contribution in [0.2, 0.25) is 0 Å². The van der Waals surface area contributed by atoms with Gasteiger partial charge in [-0.1, -0.05) is 70.2 Å². The van der Waals surface area contributed by atoms with E-state index < -0.39 is 0 Å². The Balaban J connectivity index is 2.00. The monoisotopic (exact) mass is 527 g/mol. The van der Waals surface area contributed by atoms with Gasteiger partial charge in [0.2, 0.25) is 0 Å². The Hall–Kier alpha value is -2.65. The van der Waals surface area contributed by atoms with Crippen molar-refractivity contribution in [3.63, 3.8) is 0 Å². The molecule has 2 aliphatic rings. The Kier molecular flexibility index (Phi) is 11.6. The number of nitrogens with zero attached hydrogens (tertiary/aromatic N) is 1. The number of allylic oxidation sites excluding steroid dienone is 8. The predicted molar refractivity (Wildman–Crippen MR) is 171 cm³/mol. The number of hydrogen-bond donors (Lipinski definition) is 2. The average Bonchev–Trinajstić information content (AvgIpc) is 2.99. The molecule has 0 saturated carbocycles. The van der Waals surface area contributed by atoms with E-state index in [9.17, 15) is 0 Å². The fraction of sp³-hybridized carbons (Fsp3) is 0.528. The first-order valence-electron chi connectivity index (χ1n) is 15.3. The van der Waals surface area contributed by atoms with Crippen molar-refractivity contribution in [2.45, 2.75) is 105 Å². The molecule has 1 heterocycles. The van der Waals surface area contributed by atoms with Crippen molar-refractivity contribution in [3.8, 4) is 0 Å². The van der Waals surface area contributed by atoms with Gasteiger partial charge < -0.3 is 11.1 Å². The largest absolute Gasteiger partial charge is 0.401 e. The molecule has 212 valence electrons. The van der Waals surface area contributed by atoms with Crippen molar-refractivity contribution < 1.29 is 0 Å². The summed E-state index contributed by atoms with van der Waals surface area (Å²) in [5.41, 5.74) is 17.7. The third-order valence-corrected chi connectivity index (χ3v) is 8.74. The summed E-state index contributed by atoms with van der Waals surface area (Å²) in [6.45, 7) is 19.5. The number of nitrogens with one attached hydrogen (secondary N) is 1. The maximum absolute atomic E-state index is 8.55. The standard InChI is InChI=1S/C36H53N3/c1-8-13-32(31-15-11-10-12-16-34(37)27(6)23-31)36(25(3)4)33-24-30(18-17-26(33)5)29-19-21-39(22-20-29)28(7)35(38)14-9-2/h9,14-15,17-18,23-25,28-29,37H,2,8,10-13,16,19-22,38H2,1,3-7H3/b27-23-,31-15+,35-14-,36-32+,37-34?. The Bertz CT molecular complexity index is 1140. The SMILES string of the molecule is C=C/C=C(\N)C(C)N1CCC(c2ccc(C)c(/C(=C(CCC)/C3=C/CCCCC(=N)/C(C)=C\3)C(C)C)c2)CC1. The zero-order chi connectivity index (χ0) is 28.5. The quantitative estimate of drug-likeness (QED) is 0.314. The lowest BCUT2D eigenvalue weighted by molar-refractivity contribution is 0.179. The van der Waals surface area contributed by atoms with Crippen LogP contribution in [0.4, 0.5) is 0 Å². The molecule has 0 aromatic heterocycles. The van der Waals surface area contributed by atoms with E-state index in [-0.39, 0.29) is 6.04 Å². The van der Waals surface area contributed by atoms with Crippen molar-refractivity contribution in [3.05, 3.63) is 88.2 Å². The Labute approximate surface area is 239 Å². The van der Waals surface area contributed by atoms with Crippen molar-refractivity contribution in [2.75, 3.05) is 13.1 Å². The summed E-state index contributed by atoms with van der Waals surface area (Å²) in [6.07, 6.45) is 17.2. The molecule has 1 aliphatic carbocycles. The first kappa shape index (κ1) is 30.9. The number of piperidine rings is 1. The van der Waals surface area contributed by atoms with Crippen molar-refractivity contribution in [1.82, 2.24) is 4.90 Å². The van der Waals surface area contributed by atoms with E-state index in [4.69, 9.17) is 11.1 Å². The summed E-state index contributed by atoms with van der Waals surface area (Å²) in [7, 11) is 0. The Morgan fingerprint density at radius 3 is 2.51 bits per heavy atom. The zero-order valence-corrected chi connectivity index (χ0v) is 25.6. The lowest BCUT2D eigenvalue weighted by Gasteiger charge is -2.36. The van der Waals surface area contributed by atoms with Crippen LogP contribution in [0.1, 0.15) is 109 Å². The van der Waals surface area contributed by atoms with Gasteiger partial charge in [0.1, 0.15) is 0 Å². The zero-order valence-electron chi connectivity index (χ0n) is 25.6. The number of nitrogens with two attached hydrogens (primary N) is 1. The second kappa shape index (κ2) is 14.7. The van der Waals surface area contributed by atoms with Crippen LogP contribution < -0.4 is 5.73 Å². The summed E-state index contributed by atoms with van der Waals surface area (Å²) < 4.78 is 0. The molecule has 0 spiro atoms. The number of benzene rings is 1. The molecule has 3 heteroatoms. The summed E-state index contributed by atoms with van der Waals surface area (Å²) >= 11 is 0. The molecule has 1 aliphatic heterocycles. The van der Waals surface area contributed by atoms with Gasteiger partial charge in [0.15, 0.2) is 0 Å². The van der Waals surface area contributed by atoms with Crippen LogP contribution in [-0.2, 0) is 0 Å². The fourth-order valence-electron chi connectivity index (χ4n) is 6.29. The maximum atomic E-state index is 8.55. The van der Waals surface area contributed by atoms with Crippen LogP contribution in [0.3, 0.4) is 0 Å². The molecule has 1 atom stereocenters. The second-order valence-corrected chi connectivity index (χ2v) is 12.0. The first-order valence-corrected chi connectivity index (χ1v) is 15.3. The van der Waals surface area contributed by atoms with Gasteiger partial charge in [-0.15, -0.1) is 0 Å². The van der Waals surface area contributed by atoms with E-state index in [0.29, 0.717) is 11.8 Å². The molecule has 3 nitrogen and oxygen atoms in total. The van der Waals surface area contributed by atoms with Crippen molar-refractivity contribution in [2.24, 2.45) is 11.7 Å². The molecule has 3 rings (SSSR count). The van der Waals surface area contributed by atoms with E-state index in [1.165, 1.54) is 33.4 Å². The molecule has 3 N–H and O–H groups in total. The highest BCUT2D eigenvalue weighted by atomic mass is 15.2. The number of rotatable bonds is 9. The summed E-state index contributed by atoms with van der Waals surface area (Å²) in [6, 6.07) is 7.50. The van der Waals surface area contributed by atoms with E-state index in [1.54, 1.807) is 6.08 Å². The van der Waals surface area contributed by atoms with Crippen LogP contribution in [0, 0.1) is 18.3 Å². The molecule has 1 unspecified atom stereocenters. The third-order valence-electron chi connectivity index (χ3n) is 8.74. The van der Waals surface area contributed by atoms with Crippen LogP contribution >= 0.6 is 0 Å². The average molecular weight is 528 g/mol. The van der Waals surface area contributed by atoms with Crippen LogP contribution in [0.5, 0.6) is 0 Å². The van der Waals surface area contributed by atoms with Gasteiger partial charge in [-0.3, -0.25) is 4.90 Å². The number of likely N-dealkylation sites (tertiary alicyclic amines) is 1. The van der Waals surface area contributed by atoms with E-state index in [1.807, 2.05) is 6.08 Å². The maximum Gasteiger partial charge on any atom is 0.0464 e. The topological polar surface area (TPSA) is 53.1 Å². The molecule has 0 radical (unpaired) electrons. The van der Waals surface area contributed by atoms with Crippen LogP contribution in [0.25, 0.3) is 5.57 Å². The minimum absolute atomic E-state index is 0.254. The van der Waals surface area contributed by atoms with Gasteiger partial charge in [0.05, 0.1) is 0 Å². The smallest absolute Gasteiger partial charge is 0.0464 e. The molecular weight excluding hydrogens is 474 g/mol. The van der Waals surface area contributed by atoms with Gasteiger partial charge in [-0.2, -0.15) is 0 Å².